The lowest BCUT2D eigenvalue weighted by atomic mass is 10.1. The summed E-state index contributed by atoms with van der Waals surface area (Å²) in [5.74, 6) is 0.388. The lowest BCUT2D eigenvalue weighted by Gasteiger charge is -2.09. The molecule has 0 saturated heterocycles. The first-order valence-electron chi connectivity index (χ1n) is 7.11. The zero-order valence-electron chi connectivity index (χ0n) is 12.6. The monoisotopic (exact) mass is 291 g/mol. The summed E-state index contributed by atoms with van der Waals surface area (Å²) in [4.78, 5) is 16.7. The molecular formula is C18H17N3O. The zero-order valence-corrected chi connectivity index (χ0v) is 12.6. The van der Waals surface area contributed by atoms with E-state index in [-0.39, 0.29) is 5.91 Å². The highest BCUT2D eigenvalue weighted by atomic mass is 16.1. The average Bonchev–Trinajstić information content (AvgIpc) is 2.89. The molecule has 0 radical (unpaired) electrons. The third-order valence-electron chi connectivity index (χ3n) is 3.67. The number of nitrogens with one attached hydrogen (secondary N) is 1. The van der Waals surface area contributed by atoms with Gasteiger partial charge in [-0.1, -0.05) is 48.5 Å². The Morgan fingerprint density at radius 1 is 1.05 bits per heavy atom. The van der Waals surface area contributed by atoms with Crippen LogP contribution in [0.5, 0.6) is 0 Å². The minimum absolute atomic E-state index is 0.147. The number of benzene rings is 2. The number of anilines is 1. The Bertz CT molecular complexity index is 806. The van der Waals surface area contributed by atoms with E-state index in [2.05, 4.69) is 10.3 Å². The molecule has 0 fully saturated rings. The van der Waals surface area contributed by atoms with Gasteiger partial charge in [0.1, 0.15) is 0 Å². The first-order chi connectivity index (χ1) is 10.7. The molecule has 4 heteroatoms. The van der Waals surface area contributed by atoms with Crippen molar-refractivity contribution in [2.24, 2.45) is 7.05 Å². The largest absolute Gasteiger partial charge is 0.313 e. The van der Waals surface area contributed by atoms with Crippen molar-refractivity contribution in [2.75, 3.05) is 5.32 Å². The molecule has 3 rings (SSSR count). The van der Waals surface area contributed by atoms with Crippen molar-refractivity contribution in [3.63, 3.8) is 0 Å². The van der Waals surface area contributed by atoms with Gasteiger partial charge in [0.2, 0.25) is 5.95 Å². The standard InChI is InChI=1S/C18H17N3O/c1-13-8-6-7-11-15(13)17(22)20-18-19-12-16(21(18)2)14-9-4-3-5-10-14/h3-12H,1-2H3,(H,19,20,22). The predicted molar refractivity (Wildman–Crippen MR) is 87.8 cm³/mol. The van der Waals surface area contributed by atoms with Crippen molar-refractivity contribution >= 4 is 11.9 Å². The van der Waals surface area contributed by atoms with Crippen LogP contribution in [0.3, 0.4) is 0 Å². The maximum absolute atomic E-state index is 12.4. The fraction of sp³-hybridized carbons (Fsp3) is 0.111. The van der Waals surface area contributed by atoms with E-state index in [1.54, 1.807) is 6.20 Å². The number of imidazole rings is 1. The third kappa shape index (κ3) is 2.63. The fourth-order valence-corrected chi connectivity index (χ4v) is 2.40. The van der Waals surface area contributed by atoms with E-state index >= 15 is 0 Å². The van der Waals surface area contributed by atoms with Gasteiger partial charge < -0.3 is 4.57 Å². The molecule has 1 heterocycles. The number of carbonyl (C=O) groups excluding carboxylic acids is 1. The van der Waals surface area contributed by atoms with Gasteiger partial charge in [0, 0.05) is 12.6 Å². The number of aryl methyl sites for hydroxylation is 1. The summed E-state index contributed by atoms with van der Waals surface area (Å²) < 4.78 is 1.88. The Labute approximate surface area is 129 Å². The van der Waals surface area contributed by atoms with E-state index in [1.807, 2.05) is 73.1 Å². The SMILES string of the molecule is Cc1ccccc1C(=O)Nc1ncc(-c2ccccc2)n1C. The van der Waals surface area contributed by atoms with Crippen molar-refractivity contribution in [2.45, 2.75) is 6.92 Å². The summed E-state index contributed by atoms with van der Waals surface area (Å²) >= 11 is 0. The third-order valence-corrected chi connectivity index (χ3v) is 3.67. The van der Waals surface area contributed by atoms with E-state index in [4.69, 9.17) is 0 Å². The van der Waals surface area contributed by atoms with Crippen LogP contribution in [-0.4, -0.2) is 15.5 Å². The Hall–Kier alpha value is -2.88. The normalized spacial score (nSPS) is 10.5. The molecule has 22 heavy (non-hydrogen) atoms. The molecule has 4 nitrogen and oxygen atoms in total. The van der Waals surface area contributed by atoms with E-state index < -0.39 is 0 Å². The van der Waals surface area contributed by atoms with Gasteiger partial charge in [0.05, 0.1) is 11.9 Å². The van der Waals surface area contributed by atoms with Gasteiger partial charge in [-0.25, -0.2) is 4.98 Å². The zero-order chi connectivity index (χ0) is 15.5. The number of carbonyl (C=O) groups is 1. The smallest absolute Gasteiger partial charge is 0.258 e. The van der Waals surface area contributed by atoms with E-state index in [1.165, 1.54) is 0 Å². The Morgan fingerprint density at radius 3 is 2.45 bits per heavy atom. The van der Waals surface area contributed by atoms with E-state index in [0.29, 0.717) is 11.5 Å². The maximum Gasteiger partial charge on any atom is 0.258 e. The maximum atomic E-state index is 12.4. The highest BCUT2D eigenvalue weighted by Crippen LogP contribution is 2.22. The molecule has 3 aromatic rings. The Balaban J connectivity index is 1.87. The number of nitrogens with zero attached hydrogens (tertiary/aromatic N) is 2. The molecule has 0 spiro atoms. The van der Waals surface area contributed by atoms with Crippen LogP contribution in [0.2, 0.25) is 0 Å². The molecule has 1 aromatic heterocycles. The van der Waals surface area contributed by atoms with Crippen molar-refractivity contribution in [1.29, 1.82) is 0 Å². The Morgan fingerprint density at radius 2 is 1.73 bits per heavy atom. The second-order valence-corrected chi connectivity index (χ2v) is 5.16. The van der Waals surface area contributed by atoms with Crippen molar-refractivity contribution in [1.82, 2.24) is 9.55 Å². The predicted octanol–water partition coefficient (Wildman–Crippen LogP) is 3.65. The molecule has 0 atom stereocenters. The number of rotatable bonds is 3. The van der Waals surface area contributed by atoms with Crippen LogP contribution in [0, 0.1) is 6.92 Å². The summed E-state index contributed by atoms with van der Waals surface area (Å²) in [6.07, 6.45) is 1.77. The molecule has 1 amide bonds. The van der Waals surface area contributed by atoms with Crippen molar-refractivity contribution in [3.05, 3.63) is 71.9 Å². The minimum Gasteiger partial charge on any atom is -0.313 e. The van der Waals surface area contributed by atoms with Gasteiger partial charge in [0.15, 0.2) is 0 Å². The van der Waals surface area contributed by atoms with Crippen LogP contribution < -0.4 is 5.32 Å². The second-order valence-electron chi connectivity index (χ2n) is 5.16. The summed E-state index contributed by atoms with van der Waals surface area (Å²) in [6.45, 7) is 1.92. The summed E-state index contributed by atoms with van der Waals surface area (Å²) in [7, 11) is 1.89. The average molecular weight is 291 g/mol. The summed E-state index contributed by atoms with van der Waals surface area (Å²) in [6, 6.07) is 17.5. The van der Waals surface area contributed by atoms with Gasteiger partial charge >= 0.3 is 0 Å². The lowest BCUT2D eigenvalue weighted by Crippen LogP contribution is -2.16. The van der Waals surface area contributed by atoms with Crippen molar-refractivity contribution < 1.29 is 4.79 Å². The quantitative estimate of drug-likeness (QED) is 0.800. The second kappa shape index (κ2) is 5.85. The number of hydrogen-bond donors (Lipinski definition) is 1. The topological polar surface area (TPSA) is 46.9 Å². The van der Waals surface area contributed by atoms with E-state index in [0.717, 1.165) is 16.8 Å². The number of aromatic nitrogens is 2. The molecule has 0 saturated carbocycles. The van der Waals surface area contributed by atoms with Crippen LogP contribution in [0.15, 0.2) is 60.8 Å². The van der Waals surface area contributed by atoms with Crippen LogP contribution in [0.1, 0.15) is 15.9 Å². The highest BCUT2D eigenvalue weighted by molar-refractivity contribution is 6.04. The first-order valence-corrected chi connectivity index (χ1v) is 7.11. The minimum atomic E-state index is -0.147. The molecular weight excluding hydrogens is 274 g/mol. The first kappa shape index (κ1) is 14.1. The molecule has 0 aliphatic heterocycles. The molecule has 0 aliphatic rings. The fourth-order valence-electron chi connectivity index (χ4n) is 2.40. The molecule has 110 valence electrons. The highest BCUT2D eigenvalue weighted by Gasteiger charge is 2.13. The van der Waals surface area contributed by atoms with Gasteiger partial charge in [-0.05, 0) is 24.1 Å². The molecule has 0 aliphatic carbocycles. The van der Waals surface area contributed by atoms with Crippen LogP contribution in [0.4, 0.5) is 5.95 Å². The lowest BCUT2D eigenvalue weighted by molar-refractivity contribution is 0.102. The van der Waals surface area contributed by atoms with Crippen LogP contribution in [-0.2, 0) is 7.05 Å². The van der Waals surface area contributed by atoms with Gasteiger partial charge in [-0.15, -0.1) is 0 Å². The molecule has 2 aromatic carbocycles. The van der Waals surface area contributed by atoms with Gasteiger partial charge in [-0.2, -0.15) is 0 Å². The summed E-state index contributed by atoms with van der Waals surface area (Å²) in [5, 5.41) is 2.87. The Kier molecular flexibility index (Phi) is 3.74. The van der Waals surface area contributed by atoms with Crippen molar-refractivity contribution in [3.8, 4) is 11.3 Å². The van der Waals surface area contributed by atoms with Gasteiger partial charge in [0.25, 0.3) is 5.91 Å². The molecule has 0 unspecified atom stereocenters. The van der Waals surface area contributed by atoms with E-state index in [9.17, 15) is 4.79 Å². The van der Waals surface area contributed by atoms with Crippen LogP contribution in [0.25, 0.3) is 11.3 Å². The number of amides is 1. The number of hydrogen-bond acceptors (Lipinski definition) is 2. The molecule has 0 bridgehead atoms. The summed E-state index contributed by atoms with van der Waals surface area (Å²) in [5.41, 5.74) is 3.62. The van der Waals surface area contributed by atoms with Gasteiger partial charge in [-0.3, -0.25) is 10.1 Å². The molecule has 1 N–H and O–H groups in total. The van der Waals surface area contributed by atoms with Crippen LogP contribution >= 0.6 is 0 Å².